The molecule has 1 atom stereocenters. The summed E-state index contributed by atoms with van der Waals surface area (Å²) in [5, 5.41) is 9.90. The van der Waals surface area contributed by atoms with Gasteiger partial charge < -0.3 is 14.6 Å². The van der Waals surface area contributed by atoms with Crippen LogP contribution in [0.1, 0.15) is 129 Å². The summed E-state index contributed by atoms with van der Waals surface area (Å²) in [5.41, 5.74) is 0. The van der Waals surface area contributed by atoms with Gasteiger partial charge >= 0.3 is 0 Å². The van der Waals surface area contributed by atoms with E-state index in [9.17, 15) is 5.11 Å². The number of hydrogen-bond donors (Lipinski definition) is 1. The van der Waals surface area contributed by atoms with Crippen LogP contribution in [0.15, 0.2) is 24.3 Å². The van der Waals surface area contributed by atoms with Gasteiger partial charge in [-0.25, -0.2) is 0 Å². The molecule has 0 aliphatic carbocycles. The van der Waals surface area contributed by atoms with Crippen LogP contribution in [-0.4, -0.2) is 37.6 Å². The fraction of sp³-hybridized carbons (Fsp3) is 0.862. The zero-order valence-electron chi connectivity index (χ0n) is 21.7. The fourth-order valence-corrected chi connectivity index (χ4v) is 3.66. The molecule has 3 heteroatoms. The van der Waals surface area contributed by atoms with Gasteiger partial charge in [0.25, 0.3) is 0 Å². The smallest absolute Gasteiger partial charge is 0.101 e. The molecule has 0 heterocycles. The van der Waals surface area contributed by atoms with E-state index in [1.807, 2.05) is 0 Å². The number of aliphatic hydroxyl groups is 1. The second-order valence-corrected chi connectivity index (χ2v) is 9.16. The predicted molar refractivity (Wildman–Crippen MR) is 140 cm³/mol. The highest BCUT2D eigenvalue weighted by atomic mass is 16.5. The summed E-state index contributed by atoms with van der Waals surface area (Å²) in [4.78, 5) is 0. The number of aliphatic hydroxyl groups excluding tert-OH is 1. The summed E-state index contributed by atoms with van der Waals surface area (Å²) in [7, 11) is 0. The van der Waals surface area contributed by atoms with Crippen LogP contribution in [0.3, 0.4) is 0 Å². The number of rotatable bonds is 26. The van der Waals surface area contributed by atoms with Crippen molar-refractivity contribution in [2.75, 3.05) is 26.4 Å². The first-order valence-corrected chi connectivity index (χ1v) is 13.9. The van der Waals surface area contributed by atoms with Crippen molar-refractivity contribution in [3.8, 4) is 0 Å². The molecular weight excluding hydrogens is 396 g/mol. The van der Waals surface area contributed by atoms with Crippen LogP contribution in [0.5, 0.6) is 0 Å². The van der Waals surface area contributed by atoms with E-state index in [0.29, 0.717) is 13.2 Å². The Morgan fingerprint density at radius 3 is 1.47 bits per heavy atom. The number of hydrogen-bond acceptors (Lipinski definition) is 3. The van der Waals surface area contributed by atoms with Crippen LogP contribution < -0.4 is 0 Å². The van der Waals surface area contributed by atoms with E-state index >= 15 is 0 Å². The molecule has 0 spiro atoms. The molecule has 32 heavy (non-hydrogen) atoms. The van der Waals surface area contributed by atoms with E-state index in [2.05, 4.69) is 38.2 Å². The third-order valence-corrected chi connectivity index (χ3v) is 5.75. The quantitative estimate of drug-likeness (QED) is 0.105. The monoisotopic (exact) mass is 452 g/mol. The minimum absolute atomic E-state index is 0.400. The minimum atomic E-state index is -0.486. The van der Waals surface area contributed by atoms with E-state index in [0.717, 1.165) is 32.5 Å². The Morgan fingerprint density at radius 2 is 0.938 bits per heavy atom. The van der Waals surface area contributed by atoms with E-state index in [4.69, 9.17) is 9.47 Å². The largest absolute Gasteiger partial charge is 0.388 e. The normalized spacial score (nSPS) is 13.0. The highest BCUT2D eigenvalue weighted by Crippen LogP contribution is 2.09. The SMILES string of the molecule is CCCCCC=CCC=CCCCCCCCCOC[C@H](O)COCCCCCCCC. The Balaban J connectivity index is 3.21. The lowest BCUT2D eigenvalue weighted by atomic mass is 10.1. The average Bonchev–Trinajstić information content (AvgIpc) is 2.80. The predicted octanol–water partition coefficient (Wildman–Crippen LogP) is 8.55. The summed E-state index contributed by atoms with van der Waals surface area (Å²) < 4.78 is 11.1. The molecule has 0 radical (unpaired) electrons. The Morgan fingerprint density at radius 1 is 0.531 bits per heavy atom. The van der Waals surface area contributed by atoms with Gasteiger partial charge in [0.1, 0.15) is 6.10 Å². The molecule has 0 aliphatic heterocycles. The van der Waals surface area contributed by atoms with Crippen molar-refractivity contribution in [3.05, 3.63) is 24.3 Å². The van der Waals surface area contributed by atoms with E-state index in [-0.39, 0.29) is 0 Å². The summed E-state index contributed by atoms with van der Waals surface area (Å²) in [6.07, 6.45) is 31.5. The van der Waals surface area contributed by atoms with Crippen molar-refractivity contribution in [3.63, 3.8) is 0 Å². The van der Waals surface area contributed by atoms with Crippen LogP contribution >= 0.6 is 0 Å². The van der Waals surface area contributed by atoms with Crippen molar-refractivity contribution in [2.45, 2.75) is 136 Å². The highest BCUT2D eigenvalue weighted by Gasteiger charge is 2.04. The first-order chi connectivity index (χ1) is 15.8. The summed E-state index contributed by atoms with van der Waals surface area (Å²) in [6, 6.07) is 0. The first kappa shape index (κ1) is 31.4. The topological polar surface area (TPSA) is 38.7 Å². The Bertz CT molecular complexity index is 392. The molecule has 190 valence electrons. The first-order valence-electron chi connectivity index (χ1n) is 13.9. The van der Waals surface area contributed by atoms with Crippen molar-refractivity contribution in [1.82, 2.24) is 0 Å². The molecule has 0 aromatic rings. The van der Waals surface area contributed by atoms with Crippen LogP contribution in [-0.2, 0) is 9.47 Å². The molecule has 0 bridgehead atoms. The fourth-order valence-electron chi connectivity index (χ4n) is 3.66. The molecule has 0 aromatic heterocycles. The van der Waals surface area contributed by atoms with Gasteiger partial charge in [0.15, 0.2) is 0 Å². The summed E-state index contributed by atoms with van der Waals surface area (Å²) in [6.45, 7) is 6.81. The number of unbranched alkanes of at least 4 members (excludes halogenated alkanes) is 14. The second kappa shape index (κ2) is 28.4. The van der Waals surface area contributed by atoms with Crippen molar-refractivity contribution in [1.29, 1.82) is 0 Å². The third kappa shape index (κ3) is 27.4. The van der Waals surface area contributed by atoms with Gasteiger partial charge in [-0.2, -0.15) is 0 Å². The molecule has 0 saturated carbocycles. The molecule has 0 amide bonds. The van der Waals surface area contributed by atoms with E-state index in [1.54, 1.807) is 0 Å². The van der Waals surface area contributed by atoms with Gasteiger partial charge in [-0.1, -0.05) is 109 Å². The van der Waals surface area contributed by atoms with E-state index in [1.165, 1.54) is 96.3 Å². The van der Waals surface area contributed by atoms with Crippen LogP contribution in [0.4, 0.5) is 0 Å². The van der Waals surface area contributed by atoms with Crippen molar-refractivity contribution >= 4 is 0 Å². The molecule has 1 N–H and O–H groups in total. The summed E-state index contributed by atoms with van der Waals surface area (Å²) in [5.74, 6) is 0. The molecule has 0 aliphatic rings. The Labute approximate surface area is 201 Å². The molecule has 0 aromatic carbocycles. The van der Waals surface area contributed by atoms with Gasteiger partial charge in [-0.05, 0) is 44.9 Å². The van der Waals surface area contributed by atoms with Crippen molar-refractivity contribution < 1.29 is 14.6 Å². The lowest BCUT2D eigenvalue weighted by Crippen LogP contribution is -2.22. The minimum Gasteiger partial charge on any atom is -0.388 e. The van der Waals surface area contributed by atoms with E-state index < -0.39 is 6.10 Å². The molecular formula is C29H56O3. The lowest BCUT2D eigenvalue weighted by Gasteiger charge is -2.12. The lowest BCUT2D eigenvalue weighted by molar-refractivity contribution is -0.0201. The molecule has 0 rings (SSSR count). The zero-order valence-corrected chi connectivity index (χ0v) is 21.7. The van der Waals surface area contributed by atoms with Crippen molar-refractivity contribution in [2.24, 2.45) is 0 Å². The maximum Gasteiger partial charge on any atom is 0.101 e. The summed E-state index contributed by atoms with van der Waals surface area (Å²) >= 11 is 0. The highest BCUT2D eigenvalue weighted by molar-refractivity contribution is 4.92. The molecule has 0 saturated heterocycles. The second-order valence-electron chi connectivity index (χ2n) is 9.16. The third-order valence-electron chi connectivity index (χ3n) is 5.75. The number of allylic oxidation sites excluding steroid dienone is 4. The molecule has 0 fully saturated rings. The molecule has 0 unspecified atom stereocenters. The number of ether oxygens (including phenoxy) is 2. The van der Waals surface area contributed by atoms with Gasteiger partial charge in [-0.15, -0.1) is 0 Å². The maximum absolute atomic E-state index is 9.90. The maximum atomic E-state index is 9.90. The van der Waals surface area contributed by atoms with Crippen LogP contribution in [0.2, 0.25) is 0 Å². The standard InChI is InChI=1S/C29H56O3/c1-3-5-7-9-11-12-13-14-15-16-17-18-19-20-22-24-26-32-28-29(30)27-31-25-23-21-10-8-6-4-2/h11-12,14-15,29-30H,3-10,13,16-28H2,1-2H3/t29-/m1/s1. The van der Waals surface area contributed by atoms with Gasteiger partial charge in [0.2, 0.25) is 0 Å². The zero-order chi connectivity index (χ0) is 23.4. The van der Waals surface area contributed by atoms with Crippen LogP contribution in [0, 0.1) is 0 Å². The Hall–Kier alpha value is -0.640. The van der Waals surface area contributed by atoms with Gasteiger partial charge in [0.05, 0.1) is 13.2 Å². The molecule has 3 nitrogen and oxygen atoms in total. The van der Waals surface area contributed by atoms with Crippen LogP contribution in [0.25, 0.3) is 0 Å². The Kier molecular flexibility index (Phi) is 27.8. The van der Waals surface area contributed by atoms with Gasteiger partial charge in [0, 0.05) is 13.2 Å². The average molecular weight is 453 g/mol. The van der Waals surface area contributed by atoms with Gasteiger partial charge in [-0.3, -0.25) is 0 Å².